The van der Waals surface area contributed by atoms with Gasteiger partial charge < -0.3 is 4.18 Å². The lowest BCUT2D eigenvalue weighted by atomic mass is 10.2. The Hall–Kier alpha value is -2.09. The zero-order valence-corrected chi connectivity index (χ0v) is 11.1. The molecule has 3 nitrogen and oxygen atoms in total. The highest BCUT2D eigenvalue weighted by molar-refractivity contribution is 7.87. The van der Waals surface area contributed by atoms with Gasteiger partial charge in [0.15, 0.2) is 0 Å². The van der Waals surface area contributed by atoms with Gasteiger partial charge in [0, 0.05) is 0 Å². The Morgan fingerprint density at radius 2 is 1.57 bits per heavy atom. The molecule has 0 heterocycles. The predicted octanol–water partition coefficient (Wildman–Crippen LogP) is 3.61. The molecule has 2 rings (SSSR count). The van der Waals surface area contributed by atoms with Gasteiger partial charge in [-0.25, -0.2) is 4.39 Å². The van der Waals surface area contributed by atoms with Crippen LogP contribution in [0.1, 0.15) is 5.56 Å². The van der Waals surface area contributed by atoms with E-state index in [1.807, 2.05) is 0 Å². The Bertz CT molecular complexity index is 740. The summed E-state index contributed by atoms with van der Waals surface area (Å²) in [5.41, 5.74) is -1.59. The zero-order chi connectivity index (χ0) is 15.7. The van der Waals surface area contributed by atoms with E-state index in [-0.39, 0.29) is 4.90 Å². The van der Waals surface area contributed by atoms with Crippen LogP contribution in [0.4, 0.5) is 17.6 Å². The molecule has 0 radical (unpaired) electrons. The molecule has 112 valence electrons. The SMILES string of the molecule is O=S(=O)(Oc1ccc(F)c(C(F)(F)F)c1)c1ccccc1. The van der Waals surface area contributed by atoms with Gasteiger partial charge >= 0.3 is 16.3 Å². The van der Waals surface area contributed by atoms with Crippen molar-refractivity contribution in [1.29, 1.82) is 0 Å². The maximum absolute atomic E-state index is 13.1. The molecule has 2 aromatic carbocycles. The van der Waals surface area contributed by atoms with Gasteiger partial charge in [0.1, 0.15) is 16.5 Å². The fraction of sp³-hybridized carbons (Fsp3) is 0.0769. The first-order valence-electron chi connectivity index (χ1n) is 5.56. The average molecular weight is 320 g/mol. The van der Waals surface area contributed by atoms with Gasteiger partial charge in [-0.15, -0.1) is 0 Å². The van der Waals surface area contributed by atoms with Gasteiger partial charge in [-0.3, -0.25) is 0 Å². The second kappa shape index (κ2) is 5.36. The summed E-state index contributed by atoms with van der Waals surface area (Å²) in [4.78, 5) is -0.220. The largest absolute Gasteiger partial charge is 0.419 e. The minimum absolute atomic E-state index is 0.220. The first-order valence-corrected chi connectivity index (χ1v) is 6.97. The topological polar surface area (TPSA) is 43.4 Å². The van der Waals surface area contributed by atoms with Gasteiger partial charge in [-0.1, -0.05) is 18.2 Å². The Morgan fingerprint density at radius 1 is 0.952 bits per heavy atom. The number of alkyl halides is 3. The molecule has 21 heavy (non-hydrogen) atoms. The van der Waals surface area contributed by atoms with E-state index >= 15 is 0 Å². The van der Waals surface area contributed by atoms with E-state index < -0.39 is 33.4 Å². The minimum Gasteiger partial charge on any atom is -0.379 e. The van der Waals surface area contributed by atoms with E-state index in [2.05, 4.69) is 4.18 Å². The predicted molar refractivity (Wildman–Crippen MR) is 65.7 cm³/mol. The quantitative estimate of drug-likeness (QED) is 0.641. The number of rotatable bonds is 3. The van der Waals surface area contributed by atoms with Crippen molar-refractivity contribution in [2.24, 2.45) is 0 Å². The second-order valence-electron chi connectivity index (χ2n) is 3.99. The molecule has 0 amide bonds. The lowest BCUT2D eigenvalue weighted by Crippen LogP contribution is -2.12. The van der Waals surface area contributed by atoms with Crippen LogP contribution in [0.2, 0.25) is 0 Å². The van der Waals surface area contributed by atoms with Crippen molar-refractivity contribution in [3.63, 3.8) is 0 Å². The van der Waals surface area contributed by atoms with Crippen LogP contribution in [-0.2, 0) is 16.3 Å². The van der Waals surface area contributed by atoms with Gasteiger partial charge in [0.2, 0.25) is 0 Å². The van der Waals surface area contributed by atoms with Crippen molar-refractivity contribution in [3.05, 3.63) is 59.9 Å². The van der Waals surface area contributed by atoms with E-state index in [0.717, 1.165) is 6.07 Å². The van der Waals surface area contributed by atoms with Gasteiger partial charge in [0.25, 0.3) is 0 Å². The smallest absolute Gasteiger partial charge is 0.379 e. The van der Waals surface area contributed by atoms with Crippen LogP contribution in [0.15, 0.2) is 53.4 Å². The first kappa shape index (κ1) is 15.3. The lowest BCUT2D eigenvalue weighted by Gasteiger charge is -2.11. The van der Waals surface area contributed by atoms with Crippen molar-refractivity contribution in [2.75, 3.05) is 0 Å². The minimum atomic E-state index is -4.94. The van der Waals surface area contributed by atoms with Crippen LogP contribution >= 0.6 is 0 Å². The number of hydrogen-bond acceptors (Lipinski definition) is 3. The van der Waals surface area contributed by atoms with E-state index in [1.165, 1.54) is 24.3 Å². The highest BCUT2D eigenvalue weighted by Crippen LogP contribution is 2.34. The van der Waals surface area contributed by atoms with Crippen LogP contribution in [-0.4, -0.2) is 8.42 Å². The molecule has 8 heteroatoms. The van der Waals surface area contributed by atoms with Crippen molar-refractivity contribution in [2.45, 2.75) is 11.1 Å². The maximum Gasteiger partial charge on any atom is 0.419 e. The molecule has 0 unspecified atom stereocenters. The van der Waals surface area contributed by atoms with Crippen molar-refractivity contribution in [3.8, 4) is 5.75 Å². The Morgan fingerprint density at radius 3 is 2.14 bits per heavy atom. The third kappa shape index (κ3) is 3.52. The summed E-state index contributed by atoms with van der Waals surface area (Å²) in [7, 11) is -4.28. The Kier molecular flexibility index (Phi) is 3.91. The molecule has 0 atom stereocenters. The van der Waals surface area contributed by atoms with Gasteiger partial charge in [-0.2, -0.15) is 21.6 Å². The second-order valence-corrected chi connectivity index (χ2v) is 5.54. The highest BCUT2D eigenvalue weighted by Gasteiger charge is 2.34. The van der Waals surface area contributed by atoms with E-state index in [1.54, 1.807) is 6.07 Å². The van der Waals surface area contributed by atoms with E-state index in [9.17, 15) is 26.0 Å². The summed E-state index contributed by atoms with van der Waals surface area (Å²) in [6.07, 6.45) is -4.94. The fourth-order valence-corrected chi connectivity index (χ4v) is 2.48. The molecule has 0 spiro atoms. The molecule has 0 aliphatic rings. The lowest BCUT2D eigenvalue weighted by molar-refractivity contribution is -0.140. The fourth-order valence-electron chi connectivity index (χ4n) is 1.54. The third-order valence-corrected chi connectivity index (χ3v) is 3.74. The molecular weight excluding hydrogens is 312 g/mol. The summed E-state index contributed by atoms with van der Waals surface area (Å²) in [5.74, 6) is -2.13. The highest BCUT2D eigenvalue weighted by atomic mass is 32.2. The van der Waals surface area contributed by atoms with Crippen molar-refractivity contribution >= 4 is 10.1 Å². The molecule has 0 bridgehead atoms. The van der Waals surface area contributed by atoms with E-state index in [0.29, 0.717) is 12.1 Å². The van der Waals surface area contributed by atoms with Crippen molar-refractivity contribution in [1.82, 2.24) is 0 Å². The molecule has 0 saturated carbocycles. The normalized spacial score (nSPS) is 12.2. The molecule has 0 aliphatic carbocycles. The van der Waals surface area contributed by atoms with Gasteiger partial charge in [0.05, 0.1) is 5.56 Å². The molecule has 0 N–H and O–H groups in total. The van der Waals surface area contributed by atoms with Crippen LogP contribution in [0.5, 0.6) is 5.75 Å². The molecule has 2 aromatic rings. The summed E-state index contributed by atoms with van der Waals surface area (Å²) < 4.78 is 79.0. The van der Waals surface area contributed by atoms with Crippen LogP contribution in [0.3, 0.4) is 0 Å². The third-order valence-electron chi connectivity index (χ3n) is 2.48. The van der Waals surface area contributed by atoms with E-state index in [4.69, 9.17) is 0 Å². The summed E-state index contributed by atoms with van der Waals surface area (Å²) >= 11 is 0. The van der Waals surface area contributed by atoms with Crippen LogP contribution in [0, 0.1) is 5.82 Å². The average Bonchev–Trinajstić information content (AvgIpc) is 2.40. The van der Waals surface area contributed by atoms with Gasteiger partial charge in [-0.05, 0) is 30.3 Å². The monoisotopic (exact) mass is 320 g/mol. The standard InChI is InChI=1S/C13H8F4O3S/c14-12-7-6-9(8-11(12)13(15,16)17)20-21(18,19)10-4-2-1-3-5-10/h1-8H. The Labute approximate surface area is 117 Å². The molecule has 0 saturated heterocycles. The van der Waals surface area contributed by atoms with Crippen LogP contribution in [0.25, 0.3) is 0 Å². The maximum atomic E-state index is 13.1. The van der Waals surface area contributed by atoms with Crippen molar-refractivity contribution < 1.29 is 30.2 Å². The number of benzene rings is 2. The Balaban J connectivity index is 2.37. The number of hydrogen-bond donors (Lipinski definition) is 0. The first-order chi connectivity index (χ1) is 9.70. The van der Waals surface area contributed by atoms with Crippen LogP contribution < -0.4 is 4.18 Å². The summed E-state index contributed by atoms with van der Waals surface area (Å²) in [5, 5.41) is 0. The summed E-state index contributed by atoms with van der Waals surface area (Å²) in [6.45, 7) is 0. The molecular formula is C13H8F4O3S. The zero-order valence-electron chi connectivity index (χ0n) is 10.3. The molecule has 0 aliphatic heterocycles. The number of halogens is 4. The molecule has 0 aromatic heterocycles. The molecule has 0 fully saturated rings. The summed E-state index contributed by atoms with van der Waals surface area (Å²) in [6, 6.07) is 8.50.